The number of para-hydroxylation sites is 1. The maximum Gasteiger partial charge on any atom is 0.341 e. The van der Waals surface area contributed by atoms with Crippen molar-refractivity contribution in [3.63, 3.8) is 0 Å². The highest BCUT2D eigenvalue weighted by Gasteiger charge is 2.17. The van der Waals surface area contributed by atoms with Crippen LogP contribution >= 0.6 is 0 Å². The van der Waals surface area contributed by atoms with Gasteiger partial charge in [0.25, 0.3) is 5.69 Å². The second-order valence-corrected chi connectivity index (χ2v) is 6.44. The van der Waals surface area contributed by atoms with Crippen molar-refractivity contribution in [2.45, 2.75) is 20.3 Å². The van der Waals surface area contributed by atoms with E-state index >= 15 is 0 Å². The molecule has 0 aliphatic heterocycles. The molecule has 1 aromatic heterocycles. The van der Waals surface area contributed by atoms with Crippen molar-refractivity contribution in [3.8, 4) is 5.69 Å². The van der Waals surface area contributed by atoms with Gasteiger partial charge in [0.05, 0.1) is 35.5 Å². The molecule has 30 heavy (non-hydrogen) atoms. The standard InChI is InChI=1S/C21H20N4O5/c1-3-30-21(27)18-13-22-24(14(18)2)17-9-6-8-16(12-17)23-20(26)11-15-7-4-5-10-19(15)25(28)29/h4-10,12-13H,3,11H2,1-2H3,(H,23,26). The molecule has 1 N–H and O–H groups in total. The number of carbonyl (C=O) groups excluding carboxylic acids is 2. The average Bonchev–Trinajstić information content (AvgIpc) is 3.10. The normalized spacial score (nSPS) is 10.5. The smallest absolute Gasteiger partial charge is 0.341 e. The molecule has 1 amide bonds. The number of hydrogen-bond acceptors (Lipinski definition) is 6. The summed E-state index contributed by atoms with van der Waals surface area (Å²) in [6, 6.07) is 13.0. The molecule has 0 bridgehead atoms. The fraction of sp³-hybridized carbons (Fsp3) is 0.190. The van der Waals surface area contributed by atoms with Gasteiger partial charge in [-0.15, -0.1) is 0 Å². The highest BCUT2D eigenvalue weighted by Crippen LogP contribution is 2.21. The van der Waals surface area contributed by atoms with E-state index in [2.05, 4.69) is 10.4 Å². The average molecular weight is 408 g/mol. The molecule has 9 heteroatoms. The maximum absolute atomic E-state index is 12.4. The minimum Gasteiger partial charge on any atom is -0.462 e. The monoisotopic (exact) mass is 408 g/mol. The molecule has 0 fully saturated rings. The number of rotatable bonds is 7. The van der Waals surface area contributed by atoms with E-state index in [4.69, 9.17) is 4.74 Å². The summed E-state index contributed by atoms with van der Waals surface area (Å²) in [6.45, 7) is 3.75. The highest BCUT2D eigenvalue weighted by atomic mass is 16.6. The Labute approximate surface area is 172 Å². The first-order valence-electron chi connectivity index (χ1n) is 9.25. The van der Waals surface area contributed by atoms with Crippen LogP contribution in [0.3, 0.4) is 0 Å². The van der Waals surface area contributed by atoms with Crippen LogP contribution in [-0.2, 0) is 16.0 Å². The van der Waals surface area contributed by atoms with E-state index in [1.807, 2.05) is 0 Å². The molecule has 0 aliphatic carbocycles. The van der Waals surface area contributed by atoms with Crippen molar-refractivity contribution in [2.75, 3.05) is 11.9 Å². The van der Waals surface area contributed by atoms with Crippen molar-refractivity contribution in [3.05, 3.63) is 81.7 Å². The molecule has 0 unspecified atom stereocenters. The van der Waals surface area contributed by atoms with Crippen LogP contribution < -0.4 is 5.32 Å². The van der Waals surface area contributed by atoms with E-state index in [1.54, 1.807) is 61.0 Å². The molecule has 9 nitrogen and oxygen atoms in total. The van der Waals surface area contributed by atoms with Gasteiger partial charge >= 0.3 is 5.97 Å². The predicted molar refractivity (Wildman–Crippen MR) is 110 cm³/mol. The Hall–Kier alpha value is -4.01. The van der Waals surface area contributed by atoms with Crippen LogP contribution in [0.1, 0.15) is 28.5 Å². The van der Waals surface area contributed by atoms with Gasteiger partial charge in [0.1, 0.15) is 5.56 Å². The van der Waals surface area contributed by atoms with Gasteiger partial charge < -0.3 is 10.1 Å². The summed E-state index contributed by atoms with van der Waals surface area (Å²) in [5.41, 5.74) is 2.35. The summed E-state index contributed by atoms with van der Waals surface area (Å²) in [5, 5.41) is 18.1. The minimum atomic E-state index is -0.509. The molecule has 3 rings (SSSR count). The van der Waals surface area contributed by atoms with Crippen LogP contribution in [0, 0.1) is 17.0 Å². The van der Waals surface area contributed by atoms with Crippen LogP contribution in [0.4, 0.5) is 11.4 Å². The highest BCUT2D eigenvalue weighted by molar-refractivity contribution is 5.93. The van der Waals surface area contributed by atoms with Crippen LogP contribution in [0.2, 0.25) is 0 Å². The van der Waals surface area contributed by atoms with Gasteiger partial charge in [-0.05, 0) is 32.0 Å². The second kappa shape index (κ2) is 8.99. The van der Waals surface area contributed by atoms with Gasteiger partial charge in [-0.25, -0.2) is 9.48 Å². The van der Waals surface area contributed by atoms with E-state index < -0.39 is 10.9 Å². The molecule has 0 saturated carbocycles. The molecule has 1 heterocycles. The number of nitrogens with one attached hydrogen (secondary N) is 1. The second-order valence-electron chi connectivity index (χ2n) is 6.44. The first-order valence-corrected chi connectivity index (χ1v) is 9.25. The minimum absolute atomic E-state index is 0.0972. The zero-order chi connectivity index (χ0) is 21.7. The Morgan fingerprint density at radius 1 is 1.20 bits per heavy atom. The van der Waals surface area contributed by atoms with Gasteiger partial charge in [-0.2, -0.15) is 5.10 Å². The number of ether oxygens (including phenoxy) is 1. The van der Waals surface area contributed by atoms with Crippen molar-refractivity contribution < 1.29 is 19.2 Å². The molecule has 0 aliphatic rings. The summed E-state index contributed by atoms with van der Waals surface area (Å²) in [7, 11) is 0. The van der Waals surface area contributed by atoms with Crippen LogP contribution in [-0.4, -0.2) is 33.2 Å². The summed E-state index contributed by atoms with van der Waals surface area (Å²) in [5.74, 6) is -0.832. The molecular weight excluding hydrogens is 388 g/mol. The third kappa shape index (κ3) is 4.52. The Morgan fingerprint density at radius 2 is 1.97 bits per heavy atom. The Balaban J connectivity index is 1.78. The Bertz CT molecular complexity index is 1110. The van der Waals surface area contributed by atoms with Crippen molar-refractivity contribution in [2.24, 2.45) is 0 Å². The number of anilines is 1. The van der Waals surface area contributed by atoms with Gasteiger partial charge in [0.2, 0.25) is 5.91 Å². The SMILES string of the molecule is CCOC(=O)c1cnn(-c2cccc(NC(=O)Cc3ccccc3[N+](=O)[O-])c2)c1C. The van der Waals surface area contributed by atoms with Gasteiger partial charge in [-0.3, -0.25) is 14.9 Å². The Morgan fingerprint density at radius 3 is 2.70 bits per heavy atom. The quantitative estimate of drug-likeness (QED) is 0.364. The predicted octanol–water partition coefficient (Wildman–Crippen LogP) is 3.45. The molecular formula is C21H20N4O5. The fourth-order valence-corrected chi connectivity index (χ4v) is 3.01. The summed E-state index contributed by atoms with van der Waals surface area (Å²) in [6.07, 6.45) is 1.31. The Kier molecular flexibility index (Phi) is 6.21. The summed E-state index contributed by atoms with van der Waals surface area (Å²) < 4.78 is 6.59. The number of esters is 1. The topological polar surface area (TPSA) is 116 Å². The zero-order valence-electron chi connectivity index (χ0n) is 16.5. The third-order valence-electron chi connectivity index (χ3n) is 4.42. The lowest BCUT2D eigenvalue weighted by molar-refractivity contribution is -0.385. The first-order chi connectivity index (χ1) is 14.4. The van der Waals surface area contributed by atoms with E-state index in [1.165, 1.54) is 12.3 Å². The van der Waals surface area contributed by atoms with Gasteiger partial charge in [0, 0.05) is 17.3 Å². The molecule has 3 aromatic rings. The largest absolute Gasteiger partial charge is 0.462 e. The number of amides is 1. The first kappa shape index (κ1) is 20.7. The fourth-order valence-electron chi connectivity index (χ4n) is 3.01. The number of aromatic nitrogens is 2. The lowest BCUT2D eigenvalue weighted by Crippen LogP contribution is -2.15. The lowest BCUT2D eigenvalue weighted by Gasteiger charge is -2.09. The molecule has 154 valence electrons. The van der Waals surface area contributed by atoms with Crippen molar-refractivity contribution in [1.29, 1.82) is 0 Å². The summed E-state index contributed by atoms with van der Waals surface area (Å²) >= 11 is 0. The third-order valence-corrected chi connectivity index (χ3v) is 4.42. The number of carbonyl (C=O) groups is 2. The molecule has 0 radical (unpaired) electrons. The number of nitrogens with zero attached hydrogens (tertiary/aromatic N) is 3. The lowest BCUT2D eigenvalue weighted by atomic mass is 10.1. The molecule has 0 spiro atoms. The number of benzene rings is 2. The maximum atomic E-state index is 12.4. The summed E-state index contributed by atoms with van der Waals surface area (Å²) in [4.78, 5) is 35.0. The molecule has 0 atom stereocenters. The number of nitro benzene ring substituents is 1. The van der Waals surface area contributed by atoms with E-state index in [0.29, 0.717) is 28.2 Å². The van der Waals surface area contributed by atoms with Gasteiger partial charge in [-0.1, -0.05) is 24.3 Å². The van der Waals surface area contributed by atoms with E-state index in [9.17, 15) is 19.7 Å². The van der Waals surface area contributed by atoms with E-state index in [0.717, 1.165) is 0 Å². The van der Waals surface area contributed by atoms with Crippen LogP contribution in [0.15, 0.2) is 54.7 Å². The molecule has 0 saturated heterocycles. The van der Waals surface area contributed by atoms with Gasteiger partial charge in [0.15, 0.2) is 0 Å². The zero-order valence-corrected chi connectivity index (χ0v) is 16.5. The number of hydrogen-bond donors (Lipinski definition) is 1. The van der Waals surface area contributed by atoms with Crippen LogP contribution in [0.25, 0.3) is 5.69 Å². The van der Waals surface area contributed by atoms with Crippen molar-refractivity contribution in [1.82, 2.24) is 9.78 Å². The van der Waals surface area contributed by atoms with Crippen LogP contribution in [0.5, 0.6) is 0 Å². The van der Waals surface area contributed by atoms with E-state index in [-0.39, 0.29) is 24.6 Å². The molecule has 2 aromatic carbocycles. The van der Waals surface area contributed by atoms with Crippen molar-refractivity contribution >= 4 is 23.3 Å². The number of nitro groups is 1.